The van der Waals surface area contributed by atoms with Crippen LogP contribution in [0.25, 0.3) is 0 Å². The summed E-state index contributed by atoms with van der Waals surface area (Å²) < 4.78 is 0. The Labute approximate surface area is 128 Å². The Morgan fingerprint density at radius 2 is 2.05 bits per heavy atom. The molecule has 2 amide bonds. The van der Waals surface area contributed by atoms with Gasteiger partial charge in [-0.2, -0.15) is 11.3 Å². The van der Waals surface area contributed by atoms with E-state index in [4.69, 9.17) is 11.6 Å². The molecule has 20 heavy (non-hydrogen) atoms. The van der Waals surface area contributed by atoms with Crippen LogP contribution in [0.5, 0.6) is 0 Å². The van der Waals surface area contributed by atoms with Crippen LogP contribution in [0.1, 0.15) is 18.9 Å². The van der Waals surface area contributed by atoms with E-state index in [1.54, 1.807) is 35.6 Å². The van der Waals surface area contributed by atoms with Crippen molar-refractivity contribution in [2.75, 3.05) is 11.9 Å². The first-order valence-electron chi connectivity index (χ1n) is 6.51. The lowest BCUT2D eigenvalue weighted by molar-refractivity contribution is 0.209. The topological polar surface area (TPSA) is 32.3 Å². The third-order valence-electron chi connectivity index (χ3n) is 2.83. The molecule has 106 valence electrons. The molecule has 0 radical (unpaired) electrons. The number of nitrogens with one attached hydrogen (secondary N) is 1. The molecule has 1 heterocycles. The van der Waals surface area contributed by atoms with E-state index < -0.39 is 0 Å². The molecule has 5 heteroatoms. The third-order valence-corrected chi connectivity index (χ3v) is 3.81. The molecule has 0 aliphatic carbocycles. The van der Waals surface area contributed by atoms with Crippen LogP contribution >= 0.6 is 22.9 Å². The number of hydrogen-bond acceptors (Lipinski definition) is 2. The zero-order valence-corrected chi connectivity index (χ0v) is 12.9. The van der Waals surface area contributed by atoms with Crippen LogP contribution in [0, 0.1) is 0 Å². The number of carbonyl (C=O) groups is 1. The van der Waals surface area contributed by atoms with Crippen molar-refractivity contribution in [1.82, 2.24) is 4.90 Å². The molecule has 2 aromatic rings. The summed E-state index contributed by atoms with van der Waals surface area (Å²) in [6, 6.07) is 9.09. The molecule has 2 rings (SSSR count). The van der Waals surface area contributed by atoms with Gasteiger partial charge in [0, 0.05) is 23.8 Å². The zero-order chi connectivity index (χ0) is 14.4. The van der Waals surface area contributed by atoms with Crippen LogP contribution in [0.2, 0.25) is 5.02 Å². The second kappa shape index (κ2) is 7.31. The highest BCUT2D eigenvalue weighted by Gasteiger charge is 2.13. The van der Waals surface area contributed by atoms with Gasteiger partial charge in [0.1, 0.15) is 0 Å². The summed E-state index contributed by atoms with van der Waals surface area (Å²) in [7, 11) is 0. The quantitative estimate of drug-likeness (QED) is 0.841. The predicted molar refractivity (Wildman–Crippen MR) is 85.5 cm³/mol. The van der Waals surface area contributed by atoms with Crippen LogP contribution in [0.15, 0.2) is 41.1 Å². The highest BCUT2D eigenvalue weighted by molar-refractivity contribution is 7.07. The molecule has 0 bridgehead atoms. The van der Waals surface area contributed by atoms with Crippen molar-refractivity contribution < 1.29 is 4.79 Å². The van der Waals surface area contributed by atoms with Gasteiger partial charge in [-0.1, -0.05) is 18.5 Å². The van der Waals surface area contributed by atoms with Crippen molar-refractivity contribution in [3.63, 3.8) is 0 Å². The van der Waals surface area contributed by atoms with Crippen molar-refractivity contribution in [3.05, 3.63) is 51.7 Å². The summed E-state index contributed by atoms with van der Waals surface area (Å²) in [4.78, 5) is 14.1. The van der Waals surface area contributed by atoms with Crippen molar-refractivity contribution in [2.45, 2.75) is 19.9 Å². The molecule has 0 saturated heterocycles. The van der Waals surface area contributed by atoms with E-state index in [1.807, 2.05) is 16.3 Å². The molecule has 1 N–H and O–H groups in total. The highest BCUT2D eigenvalue weighted by Crippen LogP contribution is 2.15. The van der Waals surface area contributed by atoms with Gasteiger partial charge in [0.25, 0.3) is 0 Å². The first-order chi connectivity index (χ1) is 9.69. The largest absolute Gasteiger partial charge is 0.322 e. The number of rotatable bonds is 5. The molecule has 0 aliphatic rings. The molecule has 0 spiro atoms. The Morgan fingerprint density at radius 3 is 2.65 bits per heavy atom. The minimum atomic E-state index is -0.0830. The maximum absolute atomic E-state index is 12.3. The lowest BCUT2D eigenvalue weighted by atomic mass is 10.3. The van der Waals surface area contributed by atoms with E-state index >= 15 is 0 Å². The molecule has 0 saturated carbocycles. The van der Waals surface area contributed by atoms with Crippen LogP contribution in [0.4, 0.5) is 10.5 Å². The second-order valence-electron chi connectivity index (χ2n) is 4.49. The van der Waals surface area contributed by atoms with Crippen molar-refractivity contribution in [1.29, 1.82) is 0 Å². The molecule has 0 unspecified atom stereocenters. The van der Waals surface area contributed by atoms with Gasteiger partial charge in [0.15, 0.2) is 0 Å². The highest BCUT2D eigenvalue weighted by atomic mass is 35.5. The Bertz CT molecular complexity index is 540. The molecule has 1 aromatic carbocycles. The molecular formula is C15H17ClN2OS. The normalized spacial score (nSPS) is 10.3. The number of benzene rings is 1. The zero-order valence-electron chi connectivity index (χ0n) is 11.3. The first-order valence-corrected chi connectivity index (χ1v) is 7.83. The minimum absolute atomic E-state index is 0.0830. The van der Waals surface area contributed by atoms with E-state index in [9.17, 15) is 4.79 Å². The fraction of sp³-hybridized carbons (Fsp3) is 0.267. The monoisotopic (exact) mass is 308 g/mol. The minimum Gasteiger partial charge on any atom is -0.320 e. The average Bonchev–Trinajstić information content (AvgIpc) is 2.94. The van der Waals surface area contributed by atoms with Crippen LogP contribution < -0.4 is 5.32 Å². The van der Waals surface area contributed by atoms with Gasteiger partial charge in [0.2, 0.25) is 0 Å². The van der Waals surface area contributed by atoms with E-state index in [0.717, 1.165) is 24.2 Å². The van der Waals surface area contributed by atoms with Gasteiger partial charge < -0.3 is 10.2 Å². The van der Waals surface area contributed by atoms with E-state index in [1.165, 1.54) is 0 Å². The van der Waals surface area contributed by atoms with Gasteiger partial charge in [-0.05, 0) is 53.1 Å². The Kier molecular flexibility index (Phi) is 5.44. The first kappa shape index (κ1) is 14.9. The Morgan fingerprint density at radius 1 is 1.30 bits per heavy atom. The SMILES string of the molecule is CCCN(Cc1ccsc1)C(=O)Nc1ccc(Cl)cc1. The molecule has 1 aromatic heterocycles. The van der Waals surface area contributed by atoms with Gasteiger partial charge in [-0.3, -0.25) is 0 Å². The summed E-state index contributed by atoms with van der Waals surface area (Å²) in [5.41, 5.74) is 1.92. The van der Waals surface area contributed by atoms with Gasteiger partial charge in [-0.15, -0.1) is 0 Å². The third kappa shape index (κ3) is 4.25. The van der Waals surface area contributed by atoms with Gasteiger partial charge >= 0.3 is 6.03 Å². The maximum atomic E-state index is 12.3. The average molecular weight is 309 g/mol. The molecule has 3 nitrogen and oxygen atoms in total. The Balaban J connectivity index is 2.01. The van der Waals surface area contributed by atoms with Gasteiger partial charge in [-0.25, -0.2) is 4.79 Å². The molecule has 0 aliphatic heterocycles. The van der Waals surface area contributed by atoms with Crippen LogP contribution in [0.3, 0.4) is 0 Å². The molecule has 0 atom stereocenters. The molecular weight excluding hydrogens is 292 g/mol. The van der Waals surface area contributed by atoms with Gasteiger partial charge in [0.05, 0.1) is 0 Å². The second-order valence-corrected chi connectivity index (χ2v) is 5.71. The number of carbonyl (C=O) groups excluding carboxylic acids is 1. The van der Waals surface area contributed by atoms with Crippen molar-refractivity contribution >= 4 is 34.7 Å². The predicted octanol–water partition coefficient (Wildman–Crippen LogP) is 4.85. The lowest BCUT2D eigenvalue weighted by Crippen LogP contribution is -2.34. The van der Waals surface area contributed by atoms with E-state index in [-0.39, 0.29) is 6.03 Å². The van der Waals surface area contributed by atoms with E-state index in [2.05, 4.69) is 17.6 Å². The number of anilines is 1. The van der Waals surface area contributed by atoms with Crippen molar-refractivity contribution in [2.24, 2.45) is 0 Å². The smallest absolute Gasteiger partial charge is 0.320 e. The summed E-state index contributed by atoms with van der Waals surface area (Å²) in [6.45, 7) is 3.43. The summed E-state index contributed by atoms with van der Waals surface area (Å²) in [5.74, 6) is 0. The molecule has 0 fully saturated rings. The fourth-order valence-electron chi connectivity index (χ4n) is 1.86. The number of thiophene rings is 1. The summed E-state index contributed by atoms with van der Waals surface area (Å²) in [5, 5.41) is 7.65. The summed E-state index contributed by atoms with van der Waals surface area (Å²) >= 11 is 7.48. The Hall–Kier alpha value is -1.52. The number of urea groups is 1. The maximum Gasteiger partial charge on any atom is 0.322 e. The number of amides is 2. The number of nitrogens with zero attached hydrogens (tertiary/aromatic N) is 1. The van der Waals surface area contributed by atoms with Crippen LogP contribution in [-0.2, 0) is 6.54 Å². The number of hydrogen-bond donors (Lipinski definition) is 1. The van der Waals surface area contributed by atoms with Crippen LogP contribution in [-0.4, -0.2) is 17.5 Å². The number of halogens is 1. The standard InChI is InChI=1S/C15H17ClN2OS/c1-2-8-18(10-12-7-9-20-11-12)15(19)17-14-5-3-13(16)4-6-14/h3-7,9,11H,2,8,10H2,1H3,(H,17,19). The fourth-order valence-corrected chi connectivity index (χ4v) is 2.65. The lowest BCUT2D eigenvalue weighted by Gasteiger charge is -2.22. The van der Waals surface area contributed by atoms with E-state index in [0.29, 0.717) is 11.6 Å². The van der Waals surface area contributed by atoms with Crippen molar-refractivity contribution in [3.8, 4) is 0 Å². The summed E-state index contributed by atoms with van der Waals surface area (Å²) in [6.07, 6.45) is 0.929.